The van der Waals surface area contributed by atoms with Crippen LogP contribution in [-0.2, 0) is 0 Å². The number of rotatable bonds is 3. The molecule has 0 spiro atoms. The molecule has 0 aliphatic rings. The Morgan fingerprint density at radius 1 is 0.486 bits per heavy atom. The Bertz CT molecular complexity index is 1830. The summed E-state index contributed by atoms with van der Waals surface area (Å²) >= 11 is 0. The molecule has 2 heteroatoms. The smallest absolute Gasteiger partial charge is 0.136 e. The summed E-state index contributed by atoms with van der Waals surface area (Å²) in [5, 5.41) is 5.92. The summed E-state index contributed by atoms with van der Waals surface area (Å²) in [5.41, 5.74) is 6.24. The second-order valence-corrected chi connectivity index (χ2v) is 8.82. The van der Waals surface area contributed by atoms with E-state index in [0.29, 0.717) is 0 Å². The SMILES string of the molecule is c1ccc(-c2cc3c(-c4ccccc4)cc(-c4nccc5c4ccc4ccccc45)cc3o2)cc1. The third-order valence-corrected chi connectivity index (χ3v) is 6.72. The number of hydrogen-bond acceptors (Lipinski definition) is 2. The predicted octanol–water partition coefficient (Wildman–Crippen LogP) is 9.14. The van der Waals surface area contributed by atoms with Crippen molar-refractivity contribution in [2.45, 2.75) is 0 Å². The maximum Gasteiger partial charge on any atom is 0.136 e. The maximum absolute atomic E-state index is 6.43. The van der Waals surface area contributed by atoms with Gasteiger partial charge in [0.05, 0.1) is 5.69 Å². The summed E-state index contributed by atoms with van der Waals surface area (Å²) in [6.07, 6.45) is 1.91. The zero-order chi connectivity index (χ0) is 23.2. The molecule has 0 unspecified atom stereocenters. The van der Waals surface area contributed by atoms with E-state index >= 15 is 0 Å². The van der Waals surface area contributed by atoms with Crippen LogP contribution in [0.2, 0.25) is 0 Å². The molecule has 0 aliphatic heterocycles. The maximum atomic E-state index is 6.43. The van der Waals surface area contributed by atoms with Crippen molar-refractivity contribution >= 4 is 32.5 Å². The van der Waals surface area contributed by atoms with Gasteiger partial charge in [0.15, 0.2) is 0 Å². The summed E-state index contributed by atoms with van der Waals surface area (Å²) in [4.78, 5) is 4.85. The number of nitrogens with zero attached hydrogens (tertiary/aromatic N) is 1. The third-order valence-electron chi connectivity index (χ3n) is 6.72. The van der Waals surface area contributed by atoms with Crippen molar-refractivity contribution in [1.29, 1.82) is 0 Å². The average Bonchev–Trinajstić information content (AvgIpc) is 3.37. The van der Waals surface area contributed by atoms with Crippen molar-refractivity contribution in [1.82, 2.24) is 4.98 Å². The van der Waals surface area contributed by atoms with Crippen LogP contribution in [0.15, 0.2) is 132 Å². The summed E-state index contributed by atoms with van der Waals surface area (Å²) in [7, 11) is 0. The van der Waals surface area contributed by atoms with Gasteiger partial charge in [-0.2, -0.15) is 0 Å². The summed E-state index contributed by atoms with van der Waals surface area (Å²) in [6.45, 7) is 0. The number of pyridine rings is 1. The number of furan rings is 1. The number of benzene rings is 5. The Morgan fingerprint density at radius 3 is 2.06 bits per heavy atom. The van der Waals surface area contributed by atoms with Crippen molar-refractivity contribution in [2.24, 2.45) is 0 Å². The van der Waals surface area contributed by atoms with Crippen LogP contribution in [0.25, 0.3) is 66.2 Å². The molecule has 0 saturated carbocycles. The lowest BCUT2D eigenvalue weighted by molar-refractivity contribution is 0.632. The van der Waals surface area contributed by atoms with Crippen molar-refractivity contribution in [2.75, 3.05) is 0 Å². The normalized spacial score (nSPS) is 11.4. The van der Waals surface area contributed by atoms with Gasteiger partial charge in [-0.1, -0.05) is 97.1 Å². The van der Waals surface area contributed by atoms with E-state index in [0.717, 1.165) is 50.1 Å². The van der Waals surface area contributed by atoms with Gasteiger partial charge < -0.3 is 4.42 Å². The van der Waals surface area contributed by atoms with Gasteiger partial charge in [-0.05, 0) is 51.6 Å². The second kappa shape index (κ2) is 7.96. The fraction of sp³-hybridized carbons (Fsp3) is 0. The molecule has 2 aromatic heterocycles. The highest BCUT2D eigenvalue weighted by Gasteiger charge is 2.16. The number of fused-ring (bicyclic) bond motifs is 4. The predicted molar refractivity (Wildman–Crippen MR) is 145 cm³/mol. The van der Waals surface area contributed by atoms with Gasteiger partial charge in [0.1, 0.15) is 11.3 Å². The summed E-state index contributed by atoms with van der Waals surface area (Å²) in [6, 6.07) is 42.3. The van der Waals surface area contributed by atoms with Gasteiger partial charge in [0, 0.05) is 28.1 Å². The highest BCUT2D eigenvalue weighted by molar-refractivity contribution is 6.12. The van der Waals surface area contributed by atoms with Crippen LogP contribution in [0.4, 0.5) is 0 Å². The van der Waals surface area contributed by atoms with E-state index in [1.54, 1.807) is 0 Å². The van der Waals surface area contributed by atoms with Crippen LogP contribution in [-0.4, -0.2) is 4.98 Å². The molecule has 0 N–H and O–H groups in total. The van der Waals surface area contributed by atoms with Crippen LogP contribution >= 0.6 is 0 Å². The van der Waals surface area contributed by atoms with Crippen molar-refractivity contribution < 1.29 is 4.42 Å². The van der Waals surface area contributed by atoms with Gasteiger partial charge in [0.2, 0.25) is 0 Å². The lowest BCUT2D eigenvalue weighted by Crippen LogP contribution is -1.89. The quantitative estimate of drug-likeness (QED) is 0.252. The fourth-order valence-corrected chi connectivity index (χ4v) is 5.04. The molecule has 0 amide bonds. The molecule has 7 aromatic rings. The molecule has 7 rings (SSSR count). The molecule has 0 saturated heterocycles. The molecule has 2 nitrogen and oxygen atoms in total. The molecule has 0 atom stereocenters. The molecule has 0 aliphatic carbocycles. The van der Waals surface area contributed by atoms with E-state index in [1.807, 2.05) is 30.5 Å². The Morgan fingerprint density at radius 2 is 1.23 bits per heavy atom. The lowest BCUT2D eigenvalue weighted by Gasteiger charge is -2.11. The molecular formula is C33H21NO. The number of hydrogen-bond donors (Lipinski definition) is 0. The minimum Gasteiger partial charge on any atom is -0.456 e. The highest BCUT2D eigenvalue weighted by atomic mass is 16.3. The molecule has 5 aromatic carbocycles. The lowest BCUT2D eigenvalue weighted by atomic mass is 9.94. The zero-order valence-electron chi connectivity index (χ0n) is 19.0. The van der Waals surface area contributed by atoms with Crippen molar-refractivity contribution in [3.8, 4) is 33.7 Å². The molecule has 0 radical (unpaired) electrons. The monoisotopic (exact) mass is 447 g/mol. The van der Waals surface area contributed by atoms with E-state index in [4.69, 9.17) is 9.40 Å². The van der Waals surface area contributed by atoms with Crippen molar-refractivity contribution in [3.05, 3.63) is 128 Å². The van der Waals surface area contributed by atoms with E-state index < -0.39 is 0 Å². The summed E-state index contributed by atoms with van der Waals surface area (Å²) in [5.74, 6) is 0.867. The van der Waals surface area contributed by atoms with E-state index in [2.05, 4.69) is 97.1 Å². The molecule has 0 fully saturated rings. The average molecular weight is 448 g/mol. The first-order valence-corrected chi connectivity index (χ1v) is 11.8. The Balaban J connectivity index is 1.52. The van der Waals surface area contributed by atoms with Gasteiger partial charge in [0.25, 0.3) is 0 Å². The first kappa shape index (κ1) is 19.7. The van der Waals surface area contributed by atoms with Crippen LogP contribution in [0.3, 0.4) is 0 Å². The number of aromatic nitrogens is 1. The van der Waals surface area contributed by atoms with Gasteiger partial charge in [-0.15, -0.1) is 0 Å². The first-order chi connectivity index (χ1) is 17.3. The second-order valence-electron chi connectivity index (χ2n) is 8.82. The molecule has 0 bridgehead atoms. The van der Waals surface area contributed by atoms with Crippen LogP contribution in [0.5, 0.6) is 0 Å². The van der Waals surface area contributed by atoms with Gasteiger partial charge in [-0.25, -0.2) is 0 Å². The van der Waals surface area contributed by atoms with Crippen LogP contribution < -0.4 is 0 Å². The van der Waals surface area contributed by atoms with E-state index in [-0.39, 0.29) is 0 Å². The van der Waals surface area contributed by atoms with E-state index in [9.17, 15) is 0 Å². The fourth-order valence-electron chi connectivity index (χ4n) is 5.04. The first-order valence-electron chi connectivity index (χ1n) is 11.8. The standard InChI is InChI=1S/C33H21NO/c1-3-9-22(10-4-1)29-19-25(20-32-30(29)21-31(35-32)24-12-5-2-6-13-24)33-28-16-15-23-11-7-8-14-26(23)27(28)17-18-34-33/h1-21H. The largest absolute Gasteiger partial charge is 0.456 e. The summed E-state index contributed by atoms with van der Waals surface area (Å²) < 4.78 is 6.43. The van der Waals surface area contributed by atoms with Crippen LogP contribution in [0, 0.1) is 0 Å². The van der Waals surface area contributed by atoms with E-state index in [1.165, 1.54) is 16.2 Å². The Hall–Kier alpha value is -4.69. The minimum atomic E-state index is 0.861. The Labute approximate surface area is 203 Å². The molecule has 35 heavy (non-hydrogen) atoms. The topological polar surface area (TPSA) is 26.0 Å². The minimum absolute atomic E-state index is 0.861. The van der Waals surface area contributed by atoms with Gasteiger partial charge in [-0.3, -0.25) is 4.98 Å². The Kier molecular flexibility index (Phi) is 4.49. The van der Waals surface area contributed by atoms with Gasteiger partial charge >= 0.3 is 0 Å². The zero-order valence-corrected chi connectivity index (χ0v) is 19.0. The van der Waals surface area contributed by atoms with Crippen LogP contribution in [0.1, 0.15) is 0 Å². The third kappa shape index (κ3) is 3.31. The van der Waals surface area contributed by atoms with Crippen molar-refractivity contribution in [3.63, 3.8) is 0 Å². The highest BCUT2D eigenvalue weighted by Crippen LogP contribution is 2.40. The molecular weight excluding hydrogens is 426 g/mol. The molecule has 2 heterocycles. The molecule has 164 valence electrons.